The van der Waals surface area contributed by atoms with Gasteiger partial charge in [0.2, 0.25) is 0 Å². The number of nitrogens with zero attached hydrogens (tertiary/aromatic N) is 4. The van der Waals surface area contributed by atoms with Gasteiger partial charge in [0, 0.05) is 40.4 Å². The van der Waals surface area contributed by atoms with Crippen molar-refractivity contribution < 1.29 is 4.74 Å². The Morgan fingerprint density at radius 3 is 2.29 bits per heavy atom. The van der Waals surface area contributed by atoms with E-state index in [2.05, 4.69) is 149 Å². The first kappa shape index (κ1) is 31.4. The van der Waals surface area contributed by atoms with Crippen LogP contribution >= 0.6 is 0 Å². The van der Waals surface area contributed by atoms with E-state index in [0.29, 0.717) is 0 Å². The van der Waals surface area contributed by atoms with Crippen LogP contribution in [-0.4, -0.2) is 19.3 Å². The maximum absolute atomic E-state index is 6.76. The highest BCUT2D eigenvalue weighted by atomic mass is 16.5. The van der Waals surface area contributed by atoms with Gasteiger partial charge in [-0.25, -0.2) is 9.67 Å². The second-order valence-corrected chi connectivity index (χ2v) is 14.2. The van der Waals surface area contributed by atoms with Crippen LogP contribution in [0.1, 0.15) is 62.2 Å². The van der Waals surface area contributed by atoms with Gasteiger partial charge in [-0.2, -0.15) is 5.10 Å². The van der Waals surface area contributed by atoms with Crippen molar-refractivity contribution in [3.05, 3.63) is 131 Å². The molecule has 5 heteroatoms. The summed E-state index contributed by atoms with van der Waals surface area (Å²) in [5, 5.41) is 7.45. The zero-order chi connectivity index (χ0) is 33.6. The molecule has 7 aromatic rings. The number of hydrogen-bond acceptors (Lipinski definition) is 3. The van der Waals surface area contributed by atoms with Gasteiger partial charge < -0.3 is 4.74 Å². The lowest BCUT2D eigenvalue weighted by Gasteiger charge is -2.19. The van der Waals surface area contributed by atoms with Crippen molar-refractivity contribution in [2.45, 2.75) is 67.7 Å². The number of hydrogen-bond donors (Lipinski definition) is 0. The van der Waals surface area contributed by atoms with Gasteiger partial charge in [0.1, 0.15) is 17.3 Å². The molecular formula is C43H44N4O. The molecular weight excluding hydrogens is 589 g/mol. The molecule has 0 fully saturated rings. The zero-order valence-electron chi connectivity index (χ0n) is 29.1. The third kappa shape index (κ3) is 6.13. The third-order valence-electron chi connectivity index (χ3n) is 9.29. The largest absolute Gasteiger partial charge is 0.457 e. The fourth-order valence-corrected chi connectivity index (χ4v) is 6.76. The summed E-state index contributed by atoms with van der Waals surface area (Å²) in [6.45, 7) is 15.4. The molecule has 0 aliphatic heterocycles. The Morgan fingerprint density at radius 1 is 0.729 bits per heavy atom. The maximum atomic E-state index is 6.76. The molecule has 4 aromatic carbocycles. The van der Waals surface area contributed by atoms with Crippen molar-refractivity contribution >= 4 is 21.8 Å². The van der Waals surface area contributed by atoms with Crippen molar-refractivity contribution in [1.29, 1.82) is 0 Å². The highest BCUT2D eigenvalue weighted by molar-refractivity contribution is 6.09. The molecule has 7 rings (SSSR count). The lowest BCUT2D eigenvalue weighted by Crippen LogP contribution is -2.07. The normalized spacial score (nSPS) is 11.9. The lowest BCUT2D eigenvalue weighted by atomic mass is 9.88. The van der Waals surface area contributed by atoms with E-state index in [-0.39, 0.29) is 5.41 Å². The number of benzene rings is 4. The van der Waals surface area contributed by atoms with Crippen LogP contribution in [0.25, 0.3) is 44.4 Å². The van der Waals surface area contributed by atoms with Crippen LogP contribution in [0.2, 0.25) is 0 Å². The van der Waals surface area contributed by atoms with Crippen LogP contribution in [0, 0.1) is 26.2 Å². The standard InChI is InChI=1S/C43H44N4O/c1-8-31-14-17-39-38(25-31)37-16-15-35(27-40(37)46(39)41-22-28(2)19-21-44-41)48-36-24-32(18-20-43(5,6)7)23-34(26-36)47-30(4)42(29(3)45-47)33-12-10-9-11-13-33/h9-17,19,21-27H,8,18,20H2,1-7H3. The summed E-state index contributed by atoms with van der Waals surface area (Å²) in [6, 6.07) is 34.5. The molecule has 0 aliphatic rings. The Hall–Kier alpha value is -5.16. The monoisotopic (exact) mass is 632 g/mol. The fraction of sp³-hybridized carbons (Fsp3) is 0.256. The van der Waals surface area contributed by atoms with Gasteiger partial charge in [0.05, 0.1) is 22.4 Å². The van der Waals surface area contributed by atoms with Crippen molar-refractivity contribution in [3.8, 4) is 34.1 Å². The zero-order valence-corrected chi connectivity index (χ0v) is 29.1. The van der Waals surface area contributed by atoms with Gasteiger partial charge in [-0.3, -0.25) is 4.57 Å². The van der Waals surface area contributed by atoms with Crippen molar-refractivity contribution in [2.24, 2.45) is 5.41 Å². The summed E-state index contributed by atoms with van der Waals surface area (Å²) in [6.07, 6.45) is 4.89. The van der Waals surface area contributed by atoms with Crippen LogP contribution in [0.5, 0.6) is 11.5 Å². The van der Waals surface area contributed by atoms with E-state index >= 15 is 0 Å². The van der Waals surface area contributed by atoms with Crippen LogP contribution in [0.4, 0.5) is 0 Å². The van der Waals surface area contributed by atoms with Gasteiger partial charge in [-0.1, -0.05) is 64.1 Å². The van der Waals surface area contributed by atoms with Crippen LogP contribution < -0.4 is 4.74 Å². The molecule has 0 spiro atoms. The molecule has 242 valence electrons. The topological polar surface area (TPSA) is 44.9 Å². The van der Waals surface area contributed by atoms with E-state index in [1.807, 2.05) is 12.3 Å². The number of aromatic nitrogens is 4. The van der Waals surface area contributed by atoms with Gasteiger partial charge in [0.25, 0.3) is 0 Å². The predicted octanol–water partition coefficient (Wildman–Crippen LogP) is 11.3. The molecule has 0 amide bonds. The summed E-state index contributed by atoms with van der Waals surface area (Å²) < 4.78 is 11.1. The highest BCUT2D eigenvalue weighted by Gasteiger charge is 2.19. The predicted molar refractivity (Wildman–Crippen MR) is 199 cm³/mol. The molecule has 0 atom stereocenters. The molecule has 0 N–H and O–H groups in total. The molecule has 3 heterocycles. The number of fused-ring (bicyclic) bond motifs is 3. The van der Waals surface area contributed by atoms with Gasteiger partial charge >= 0.3 is 0 Å². The highest BCUT2D eigenvalue weighted by Crippen LogP contribution is 2.37. The molecule has 5 nitrogen and oxygen atoms in total. The number of aryl methyl sites for hydroxylation is 4. The van der Waals surface area contributed by atoms with E-state index in [9.17, 15) is 0 Å². The molecule has 0 bridgehead atoms. The number of rotatable bonds is 8. The van der Waals surface area contributed by atoms with Gasteiger partial charge in [0.15, 0.2) is 0 Å². The van der Waals surface area contributed by atoms with Crippen LogP contribution in [0.3, 0.4) is 0 Å². The average molecular weight is 633 g/mol. The second-order valence-electron chi connectivity index (χ2n) is 14.2. The molecule has 0 unspecified atom stereocenters. The minimum absolute atomic E-state index is 0.218. The van der Waals surface area contributed by atoms with Gasteiger partial charge in [-0.15, -0.1) is 0 Å². The Balaban J connectivity index is 1.34. The van der Waals surface area contributed by atoms with E-state index < -0.39 is 0 Å². The Labute approximate surface area is 283 Å². The Kier molecular flexibility index (Phi) is 8.16. The molecule has 0 saturated carbocycles. The first-order valence-electron chi connectivity index (χ1n) is 17.0. The van der Waals surface area contributed by atoms with E-state index in [1.54, 1.807) is 0 Å². The van der Waals surface area contributed by atoms with E-state index in [1.165, 1.54) is 38.6 Å². The van der Waals surface area contributed by atoms with Crippen molar-refractivity contribution in [1.82, 2.24) is 19.3 Å². The quantitative estimate of drug-likeness (QED) is 0.167. The van der Waals surface area contributed by atoms with E-state index in [0.717, 1.165) is 64.7 Å². The first-order chi connectivity index (χ1) is 23.1. The lowest BCUT2D eigenvalue weighted by molar-refractivity contribution is 0.378. The summed E-state index contributed by atoms with van der Waals surface area (Å²) >= 11 is 0. The summed E-state index contributed by atoms with van der Waals surface area (Å²) in [4.78, 5) is 4.79. The Bertz CT molecular complexity index is 2270. The van der Waals surface area contributed by atoms with E-state index in [4.69, 9.17) is 14.8 Å². The molecule has 0 radical (unpaired) electrons. The minimum atomic E-state index is 0.218. The molecule has 48 heavy (non-hydrogen) atoms. The smallest absolute Gasteiger partial charge is 0.137 e. The first-order valence-corrected chi connectivity index (χ1v) is 17.0. The fourth-order valence-electron chi connectivity index (χ4n) is 6.76. The van der Waals surface area contributed by atoms with Crippen LogP contribution in [0.15, 0.2) is 103 Å². The molecule has 3 aromatic heterocycles. The third-order valence-corrected chi connectivity index (χ3v) is 9.29. The van der Waals surface area contributed by atoms with Crippen LogP contribution in [-0.2, 0) is 12.8 Å². The summed E-state index contributed by atoms with van der Waals surface area (Å²) in [5.74, 6) is 2.49. The number of pyridine rings is 1. The minimum Gasteiger partial charge on any atom is -0.457 e. The van der Waals surface area contributed by atoms with Crippen molar-refractivity contribution in [3.63, 3.8) is 0 Å². The average Bonchev–Trinajstić information content (AvgIpc) is 3.55. The second kappa shape index (κ2) is 12.5. The SMILES string of the molecule is CCc1ccc2c(c1)c1ccc(Oc3cc(CCC(C)(C)C)cc(-n4nc(C)c(-c5ccccc5)c4C)c3)cc1n2-c1cc(C)ccn1. The Morgan fingerprint density at radius 2 is 1.54 bits per heavy atom. The van der Waals surface area contributed by atoms with Gasteiger partial charge in [-0.05, 0) is 116 Å². The van der Waals surface area contributed by atoms with Crippen molar-refractivity contribution in [2.75, 3.05) is 0 Å². The molecule has 0 aliphatic carbocycles. The number of ether oxygens (including phenoxy) is 1. The maximum Gasteiger partial charge on any atom is 0.137 e. The summed E-state index contributed by atoms with van der Waals surface area (Å²) in [5.41, 5.74) is 11.6. The summed E-state index contributed by atoms with van der Waals surface area (Å²) in [7, 11) is 0. The molecule has 0 saturated heterocycles.